The Hall–Kier alpha value is -1.59. The van der Waals surface area contributed by atoms with Crippen LogP contribution in [0.1, 0.15) is 11.8 Å². The fourth-order valence-electron chi connectivity index (χ4n) is 2.33. The van der Waals surface area contributed by atoms with E-state index in [-0.39, 0.29) is 12.1 Å². The van der Waals surface area contributed by atoms with Gasteiger partial charge >= 0.3 is 6.03 Å². The number of likely N-dealkylation sites (N-methyl/N-ethyl adjacent to an activating group) is 1. The highest BCUT2D eigenvalue weighted by atomic mass is 32.1. The first kappa shape index (κ1) is 15.8. The summed E-state index contributed by atoms with van der Waals surface area (Å²) < 4.78 is 1.27. The van der Waals surface area contributed by atoms with E-state index in [9.17, 15) is 4.79 Å². The van der Waals surface area contributed by atoms with E-state index in [1.54, 1.807) is 16.2 Å². The molecule has 0 fully saturated rings. The van der Waals surface area contributed by atoms with Crippen molar-refractivity contribution in [1.82, 2.24) is 15.1 Å². The van der Waals surface area contributed by atoms with Crippen LogP contribution in [-0.4, -0.2) is 49.6 Å². The van der Waals surface area contributed by atoms with Crippen LogP contribution >= 0.6 is 11.3 Å². The number of carbonyl (C=O) groups excluding carboxylic acids is 1. The maximum atomic E-state index is 12.2. The second-order valence-corrected chi connectivity index (χ2v) is 6.89. The smallest absolute Gasteiger partial charge is 0.317 e. The molecule has 0 saturated carbocycles. The van der Waals surface area contributed by atoms with Gasteiger partial charge in [0.1, 0.15) is 0 Å². The maximum Gasteiger partial charge on any atom is 0.317 e. The standard InChI is InChI=1S/C16H23N3OS/c1-12(10-18(2)3)17-16(20)19(4)11-14-9-13-7-5-6-8-15(13)21-14/h5-9,12H,10-11H2,1-4H3,(H,17,20)/t12-/m0/s1. The van der Waals surface area contributed by atoms with Gasteiger partial charge in [-0.2, -0.15) is 0 Å². The molecule has 2 amide bonds. The second-order valence-electron chi connectivity index (χ2n) is 5.72. The average molecular weight is 305 g/mol. The molecule has 5 heteroatoms. The fourth-order valence-corrected chi connectivity index (χ4v) is 3.45. The van der Waals surface area contributed by atoms with E-state index in [2.05, 4.69) is 28.4 Å². The largest absolute Gasteiger partial charge is 0.334 e. The number of urea groups is 1. The molecule has 1 N–H and O–H groups in total. The van der Waals surface area contributed by atoms with Crippen molar-refractivity contribution in [3.05, 3.63) is 35.2 Å². The molecule has 1 heterocycles. The number of nitrogens with zero attached hydrogens (tertiary/aromatic N) is 2. The molecular formula is C16H23N3OS. The van der Waals surface area contributed by atoms with Crippen molar-refractivity contribution in [2.75, 3.05) is 27.7 Å². The van der Waals surface area contributed by atoms with Crippen molar-refractivity contribution in [1.29, 1.82) is 0 Å². The first-order valence-electron chi connectivity index (χ1n) is 7.09. The van der Waals surface area contributed by atoms with Gasteiger partial charge in [0.25, 0.3) is 0 Å². The maximum absolute atomic E-state index is 12.2. The van der Waals surface area contributed by atoms with Crippen LogP contribution in [0, 0.1) is 0 Å². The summed E-state index contributed by atoms with van der Waals surface area (Å²) in [6, 6.07) is 10.6. The van der Waals surface area contributed by atoms with Gasteiger partial charge in [0.15, 0.2) is 0 Å². The highest BCUT2D eigenvalue weighted by Crippen LogP contribution is 2.25. The van der Waals surface area contributed by atoms with Crippen molar-refractivity contribution in [2.24, 2.45) is 0 Å². The number of fused-ring (bicyclic) bond motifs is 1. The zero-order chi connectivity index (χ0) is 15.4. The minimum atomic E-state index is -0.0261. The number of hydrogen-bond donors (Lipinski definition) is 1. The van der Waals surface area contributed by atoms with Gasteiger partial charge in [-0.15, -0.1) is 11.3 Å². The Morgan fingerprint density at radius 1 is 1.29 bits per heavy atom. The van der Waals surface area contributed by atoms with E-state index in [1.165, 1.54) is 15.0 Å². The van der Waals surface area contributed by atoms with Crippen LogP contribution < -0.4 is 5.32 Å². The fraction of sp³-hybridized carbons (Fsp3) is 0.438. The van der Waals surface area contributed by atoms with Gasteiger partial charge in [-0.1, -0.05) is 18.2 Å². The van der Waals surface area contributed by atoms with Crippen molar-refractivity contribution < 1.29 is 4.79 Å². The third kappa shape index (κ3) is 4.44. The summed E-state index contributed by atoms with van der Waals surface area (Å²) in [6.07, 6.45) is 0. The number of benzene rings is 1. The Morgan fingerprint density at radius 2 is 2.00 bits per heavy atom. The topological polar surface area (TPSA) is 35.6 Å². The summed E-state index contributed by atoms with van der Waals surface area (Å²) in [5.41, 5.74) is 0. The average Bonchev–Trinajstić information content (AvgIpc) is 2.79. The Bertz CT molecular complexity index is 575. The Labute approximate surface area is 130 Å². The predicted molar refractivity (Wildman–Crippen MR) is 89.8 cm³/mol. The lowest BCUT2D eigenvalue weighted by Crippen LogP contribution is -2.45. The van der Waals surface area contributed by atoms with Gasteiger partial charge in [-0.25, -0.2) is 4.79 Å². The molecule has 4 nitrogen and oxygen atoms in total. The molecule has 0 spiro atoms. The van der Waals surface area contributed by atoms with Crippen LogP contribution in [0.2, 0.25) is 0 Å². The van der Waals surface area contributed by atoms with Crippen molar-refractivity contribution >= 4 is 27.5 Å². The van der Waals surface area contributed by atoms with E-state index in [1.807, 2.05) is 40.2 Å². The van der Waals surface area contributed by atoms with Gasteiger partial charge in [-0.3, -0.25) is 0 Å². The van der Waals surface area contributed by atoms with Crippen LogP contribution in [0.25, 0.3) is 10.1 Å². The quantitative estimate of drug-likeness (QED) is 0.922. The van der Waals surface area contributed by atoms with Gasteiger partial charge < -0.3 is 15.1 Å². The summed E-state index contributed by atoms with van der Waals surface area (Å²) in [5.74, 6) is 0. The van der Waals surface area contributed by atoms with Crippen molar-refractivity contribution in [3.63, 3.8) is 0 Å². The molecule has 0 aliphatic carbocycles. The normalized spacial score (nSPS) is 12.6. The van der Waals surface area contributed by atoms with Crippen molar-refractivity contribution in [2.45, 2.75) is 19.5 Å². The molecular weight excluding hydrogens is 282 g/mol. The Balaban J connectivity index is 1.93. The number of rotatable bonds is 5. The van der Waals surface area contributed by atoms with Gasteiger partial charge in [0.2, 0.25) is 0 Å². The molecule has 2 rings (SSSR count). The number of thiophene rings is 1. The minimum Gasteiger partial charge on any atom is -0.334 e. The molecule has 0 saturated heterocycles. The number of hydrogen-bond acceptors (Lipinski definition) is 3. The summed E-state index contributed by atoms with van der Waals surface area (Å²) in [7, 11) is 5.84. The van der Waals surface area contributed by atoms with Crippen LogP contribution in [0.3, 0.4) is 0 Å². The molecule has 0 aliphatic heterocycles. The van der Waals surface area contributed by atoms with Gasteiger partial charge in [-0.05, 0) is 38.5 Å². The second kappa shape index (κ2) is 6.91. The van der Waals surface area contributed by atoms with Crippen molar-refractivity contribution in [3.8, 4) is 0 Å². The zero-order valence-corrected chi connectivity index (χ0v) is 13.9. The lowest BCUT2D eigenvalue weighted by Gasteiger charge is -2.22. The molecule has 1 atom stereocenters. The zero-order valence-electron chi connectivity index (χ0n) is 13.1. The highest BCUT2D eigenvalue weighted by molar-refractivity contribution is 7.19. The van der Waals surface area contributed by atoms with E-state index in [4.69, 9.17) is 0 Å². The molecule has 0 radical (unpaired) electrons. The van der Waals surface area contributed by atoms with E-state index in [0.29, 0.717) is 6.54 Å². The molecule has 21 heavy (non-hydrogen) atoms. The van der Waals surface area contributed by atoms with Crippen LogP contribution in [0.4, 0.5) is 4.79 Å². The predicted octanol–water partition coefficient (Wildman–Crippen LogP) is 2.99. The molecule has 0 bridgehead atoms. The van der Waals surface area contributed by atoms with Crippen LogP contribution in [-0.2, 0) is 6.54 Å². The molecule has 2 aromatic rings. The minimum absolute atomic E-state index is 0.0261. The monoisotopic (exact) mass is 305 g/mol. The van der Waals surface area contributed by atoms with E-state index < -0.39 is 0 Å². The lowest BCUT2D eigenvalue weighted by molar-refractivity contribution is 0.201. The Kier molecular flexibility index (Phi) is 5.20. The highest BCUT2D eigenvalue weighted by Gasteiger charge is 2.13. The SMILES string of the molecule is C[C@@H](CN(C)C)NC(=O)N(C)Cc1cc2ccccc2s1. The van der Waals surface area contributed by atoms with Crippen LogP contribution in [0.5, 0.6) is 0 Å². The third-order valence-corrected chi connectivity index (χ3v) is 4.33. The van der Waals surface area contributed by atoms with E-state index >= 15 is 0 Å². The molecule has 0 unspecified atom stereocenters. The summed E-state index contributed by atoms with van der Waals surface area (Å²) in [5, 5.41) is 4.26. The third-order valence-electron chi connectivity index (χ3n) is 3.23. The first-order chi connectivity index (χ1) is 9.95. The van der Waals surface area contributed by atoms with Crippen LogP contribution in [0.15, 0.2) is 30.3 Å². The molecule has 114 valence electrons. The van der Waals surface area contributed by atoms with Gasteiger partial charge in [0.05, 0.1) is 6.54 Å². The van der Waals surface area contributed by atoms with Gasteiger partial charge in [0, 0.05) is 29.2 Å². The summed E-state index contributed by atoms with van der Waals surface area (Å²) in [4.78, 5) is 17.2. The molecule has 1 aromatic carbocycles. The Morgan fingerprint density at radius 3 is 2.67 bits per heavy atom. The summed E-state index contributed by atoms with van der Waals surface area (Å²) in [6.45, 7) is 3.49. The first-order valence-corrected chi connectivity index (χ1v) is 7.91. The summed E-state index contributed by atoms with van der Waals surface area (Å²) >= 11 is 1.74. The molecule has 1 aromatic heterocycles. The molecule has 0 aliphatic rings. The number of carbonyl (C=O) groups is 1. The van der Waals surface area contributed by atoms with E-state index in [0.717, 1.165) is 6.54 Å². The number of nitrogens with one attached hydrogen (secondary N) is 1. The lowest BCUT2D eigenvalue weighted by atomic mass is 10.2. The number of amides is 2.